The number of hydrogen-bond acceptors (Lipinski definition) is 7. The Labute approximate surface area is 188 Å². The Kier molecular flexibility index (Phi) is 7.64. The third-order valence-corrected chi connectivity index (χ3v) is 5.46. The van der Waals surface area contributed by atoms with Crippen LogP contribution in [0.15, 0.2) is 36.7 Å². The first-order valence-corrected chi connectivity index (χ1v) is 10.4. The number of hydrogen-bond donors (Lipinski definition) is 3. The molecule has 1 aliphatic heterocycles. The Balaban J connectivity index is 0.000000968. The lowest BCUT2D eigenvalue weighted by atomic mass is 10.0. The molecule has 3 N–H and O–H groups in total. The van der Waals surface area contributed by atoms with E-state index in [0.717, 1.165) is 38.5 Å². The summed E-state index contributed by atoms with van der Waals surface area (Å²) in [6.45, 7) is 4.85. The van der Waals surface area contributed by atoms with Gasteiger partial charge in [0.1, 0.15) is 11.4 Å². The zero-order chi connectivity index (χ0) is 24.0. The number of likely N-dealkylation sites (N-methyl/N-ethyl adjacent to an activating group) is 1. The van der Waals surface area contributed by atoms with E-state index in [4.69, 9.17) is 9.90 Å². The second-order valence-electron chi connectivity index (χ2n) is 7.53. The van der Waals surface area contributed by atoms with Gasteiger partial charge in [0.15, 0.2) is 5.82 Å². The third-order valence-electron chi connectivity index (χ3n) is 5.46. The molecule has 8 nitrogen and oxygen atoms in total. The van der Waals surface area contributed by atoms with Crippen LogP contribution in [0.25, 0.3) is 22.0 Å². The SMILES string of the molecule is CCN1CCC[C@@H](Nc2nnc(-c3ccc(C(F)(F)F)cc3O)c3ccncc23)C1.O=CO. The van der Waals surface area contributed by atoms with Crippen molar-refractivity contribution in [2.24, 2.45) is 0 Å². The maximum absolute atomic E-state index is 12.9. The van der Waals surface area contributed by atoms with E-state index >= 15 is 0 Å². The molecule has 0 spiro atoms. The van der Waals surface area contributed by atoms with Crippen molar-refractivity contribution in [3.05, 3.63) is 42.2 Å². The Morgan fingerprint density at radius 3 is 2.67 bits per heavy atom. The molecule has 0 saturated carbocycles. The van der Waals surface area contributed by atoms with E-state index in [9.17, 15) is 18.3 Å². The molecule has 0 aliphatic carbocycles. The Bertz CT molecular complexity index is 1110. The summed E-state index contributed by atoms with van der Waals surface area (Å²) < 4.78 is 38.8. The molecular weight excluding hydrogens is 439 g/mol. The van der Waals surface area contributed by atoms with E-state index in [1.807, 2.05) is 0 Å². The van der Waals surface area contributed by atoms with Crippen molar-refractivity contribution in [3.63, 3.8) is 0 Å². The summed E-state index contributed by atoms with van der Waals surface area (Å²) in [4.78, 5) is 14.9. The molecule has 0 amide bonds. The first-order valence-electron chi connectivity index (χ1n) is 10.4. The van der Waals surface area contributed by atoms with Crippen LogP contribution < -0.4 is 5.32 Å². The van der Waals surface area contributed by atoms with Gasteiger partial charge in [0, 0.05) is 41.3 Å². The largest absolute Gasteiger partial charge is 0.507 e. The van der Waals surface area contributed by atoms with Crippen LogP contribution in [0.4, 0.5) is 19.0 Å². The first-order chi connectivity index (χ1) is 15.8. The van der Waals surface area contributed by atoms with E-state index in [1.54, 1.807) is 18.5 Å². The lowest BCUT2D eigenvalue weighted by Gasteiger charge is -2.32. The number of aromatic nitrogens is 3. The van der Waals surface area contributed by atoms with Crippen LogP contribution in [0, 0.1) is 0 Å². The molecule has 3 heterocycles. The van der Waals surface area contributed by atoms with Gasteiger partial charge in [0.05, 0.1) is 5.56 Å². The van der Waals surface area contributed by atoms with Crippen molar-refractivity contribution < 1.29 is 28.2 Å². The highest BCUT2D eigenvalue weighted by atomic mass is 19.4. The number of carboxylic acid groups (broad SMARTS) is 1. The molecule has 0 unspecified atom stereocenters. The minimum absolute atomic E-state index is 0.188. The normalized spacial score (nSPS) is 16.7. The van der Waals surface area contributed by atoms with Crippen molar-refractivity contribution in [2.75, 3.05) is 25.0 Å². The maximum atomic E-state index is 12.9. The van der Waals surface area contributed by atoms with E-state index in [1.165, 1.54) is 6.07 Å². The minimum atomic E-state index is -4.53. The number of likely N-dealkylation sites (tertiary alicyclic amines) is 1. The summed E-state index contributed by atoms with van der Waals surface area (Å²) >= 11 is 0. The number of phenols is 1. The lowest BCUT2D eigenvalue weighted by molar-refractivity contribution is -0.137. The first kappa shape index (κ1) is 24.2. The number of nitrogens with one attached hydrogen (secondary N) is 1. The van der Waals surface area contributed by atoms with Gasteiger partial charge in [-0.1, -0.05) is 6.92 Å². The molecule has 0 bridgehead atoms. The fourth-order valence-corrected chi connectivity index (χ4v) is 3.87. The van der Waals surface area contributed by atoms with Gasteiger partial charge < -0.3 is 20.4 Å². The van der Waals surface area contributed by atoms with Gasteiger partial charge in [-0.05, 0) is 50.2 Å². The number of alkyl halides is 3. The average molecular weight is 463 g/mol. The lowest BCUT2D eigenvalue weighted by Crippen LogP contribution is -2.42. The van der Waals surface area contributed by atoms with Crippen LogP contribution in [-0.2, 0) is 11.0 Å². The zero-order valence-corrected chi connectivity index (χ0v) is 17.9. The molecule has 1 fully saturated rings. The second kappa shape index (κ2) is 10.4. The number of piperidine rings is 1. The van der Waals surface area contributed by atoms with Crippen LogP contribution in [0.3, 0.4) is 0 Å². The molecule has 11 heteroatoms. The number of rotatable bonds is 4. The molecule has 2 aromatic heterocycles. The van der Waals surface area contributed by atoms with Gasteiger partial charge in [-0.25, -0.2) is 0 Å². The van der Waals surface area contributed by atoms with Crippen LogP contribution in [0.1, 0.15) is 25.3 Å². The second-order valence-corrected chi connectivity index (χ2v) is 7.53. The fraction of sp³-hybridized carbons (Fsp3) is 0.364. The zero-order valence-electron chi connectivity index (χ0n) is 17.9. The van der Waals surface area contributed by atoms with Gasteiger partial charge in [-0.2, -0.15) is 13.2 Å². The summed E-state index contributed by atoms with van der Waals surface area (Å²) in [6, 6.07) is 4.80. The summed E-state index contributed by atoms with van der Waals surface area (Å²) in [6.07, 6.45) is 0.803. The predicted octanol–water partition coefficient (Wildman–Crippen LogP) is 4.01. The highest BCUT2D eigenvalue weighted by Crippen LogP contribution is 2.38. The standard InChI is InChI=1S/C21H22F3N5O.CH2O2/c1-2-29-9-3-4-14(12-29)26-20-17-11-25-8-7-15(17)19(27-28-20)16-6-5-13(10-18(16)30)21(22,23)24;2-1-3/h5-8,10-11,14,30H,2-4,9,12H2,1H3,(H,26,28);1H,(H,2,3)/t14-;/m1./s1. The van der Waals surface area contributed by atoms with Gasteiger partial charge in [-0.15, -0.1) is 10.2 Å². The molecule has 176 valence electrons. The predicted molar refractivity (Wildman–Crippen MR) is 117 cm³/mol. The number of aromatic hydroxyl groups is 1. The number of fused-ring (bicyclic) bond motifs is 1. The number of anilines is 1. The highest BCUT2D eigenvalue weighted by Gasteiger charge is 2.31. The fourth-order valence-electron chi connectivity index (χ4n) is 3.87. The van der Waals surface area contributed by atoms with E-state index in [0.29, 0.717) is 28.4 Å². The minimum Gasteiger partial charge on any atom is -0.507 e. The number of phenolic OH excluding ortho intramolecular Hbond substituents is 1. The van der Waals surface area contributed by atoms with Crippen molar-refractivity contribution >= 4 is 23.1 Å². The van der Waals surface area contributed by atoms with Gasteiger partial charge in [0.2, 0.25) is 0 Å². The van der Waals surface area contributed by atoms with Crippen molar-refractivity contribution in [2.45, 2.75) is 32.0 Å². The van der Waals surface area contributed by atoms with Crippen molar-refractivity contribution in [1.82, 2.24) is 20.1 Å². The number of benzene rings is 1. The van der Waals surface area contributed by atoms with E-state index in [2.05, 4.69) is 32.3 Å². The number of pyridine rings is 1. The molecular formula is C22H24F3N5O3. The molecule has 1 atom stereocenters. The summed E-state index contributed by atoms with van der Waals surface area (Å²) in [7, 11) is 0. The van der Waals surface area contributed by atoms with Crippen LogP contribution in [0.5, 0.6) is 5.75 Å². The number of nitrogens with zero attached hydrogens (tertiary/aromatic N) is 4. The quantitative estimate of drug-likeness (QED) is 0.498. The number of carbonyl (C=O) groups is 1. The third kappa shape index (κ3) is 5.67. The molecule has 1 aliphatic rings. The Morgan fingerprint density at radius 1 is 1.24 bits per heavy atom. The molecule has 33 heavy (non-hydrogen) atoms. The number of halogens is 3. The van der Waals surface area contributed by atoms with Gasteiger partial charge in [-0.3, -0.25) is 9.78 Å². The van der Waals surface area contributed by atoms with Gasteiger partial charge in [0.25, 0.3) is 6.47 Å². The summed E-state index contributed by atoms with van der Waals surface area (Å²) in [5.41, 5.74) is -0.421. The van der Waals surface area contributed by atoms with E-state index < -0.39 is 17.5 Å². The Hall–Kier alpha value is -3.47. The van der Waals surface area contributed by atoms with Crippen molar-refractivity contribution in [3.8, 4) is 17.0 Å². The van der Waals surface area contributed by atoms with Crippen LogP contribution in [0.2, 0.25) is 0 Å². The smallest absolute Gasteiger partial charge is 0.416 e. The maximum Gasteiger partial charge on any atom is 0.416 e. The molecule has 4 rings (SSSR count). The molecule has 0 radical (unpaired) electrons. The summed E-state index contributed by atoms with van der Waals surface area (Å²) in [5, 5.41) is 30.5. The summed E-state index contributed by atoms with van der Waals surface area (Å²) in [5.74, 6) is 0.0834. The van der Waals surface area contributed by atoms with Crippen molar-refractivity contribution in [1.29, 1.82) is 0 Å². The highest BCUT2D eigenvalue weighted by molar-refractivity contribution is 6.00. The average Bonchev–Trinajstić information content (AvgIpc) is 2.80. The molecule has 1 saturated heterocycles. The van der Waals surface area contributed by atoms with Gasteiger partial charge >= 0.3 is 6.18 Å². The van der Waals surface area contributed by atoms with Crippen LogP contribution in [-0.4, -0.2) is 62.4 Å². The van der Waals surface area contributed by atoms with Crippen LogP contribution >= 0.6 is 0 Å². The van der Waals surface area contributed by atoms with E-state index in [-0.39, 0.29) is 18.1 Å². The molecule has 1 aromatic carbocycles. The monoisotopic (exact) mass is 463 g/mol. The topological polar surface area (TPSA) is 111 Å². The Morgan fingerprint density at radius 2 is 2.00 bits per heavy atom. The molecule has 3 aromatic rings.